The van der Waals surface area contributed by atoms with Crippen molar-refractivity contribution in [1.29, 1.82) is 0 Å². The van der Waals surface area contributed by atoms with Crippen molar-refractivity contribution in [3.8, 4) is 0 Å². The minimum atomic E-state index is -4.87. The summed E-state index contributed by atoms with van der Waals surface area (Å²) in [6.45, 7) is 7.35. The third-order valence-electron chi connectivity index (χ3n) is 3.95. The summed E-state index contributed by atoms with van der Waals surface area (Å²) in [5.74, 6) is -2.00. The van der Waals surface area contributed by atoms with Crippen molar-refractivity contribution in [1.82, 2.24) is 10.2 Å². The van der Waals surface area contributed by atoms with E-state index < -0.39 is 22.0 Å². The Bertz CT molecular complexity index is 986. The van der Waals surface area contributed by atoms with Crippen LogP contribution in [0.25, 0.3) is 0 Å². The molecule has 2 rings (SSSR count). The van der Waals surface area contributed by atoms with Crippen molar-refractivity contribution in [2.75, 3.05) is 28.5 Å². The van der Waals surface area contributed by atoms with E-state index in [1.165, 1.54) is 23.5 Å². The monoisotopic (exact) mass is 478 g/mol. The average Bonchev–Trinajstić information content (AvgIpc) is 3.12. The first kappa shape index (κ1) is 25.0. The molecule has 1 N–H and O–H groups in total. The van der Waals surface area contributed by atoms with Gasteiger partial charge < -0.3 is 4.90 Å². The second-order valence-corrected chi connectivity index (χ2v) is 9.46. The molecule has 0 saturated heterocycles. The first-order chi connectivity index (χ1) is 14.6. The summed E-state index contributed by atoms with van der Waals surface area (Å²) in [6.07, 6.45) is -2.49. The molecule has 172 valence electrons. The Kier molecular flexibility index (Phi) is 8.74. The number of aromatic nitrogens is 2. The van der Waals surface area contributed by atoms with Gasteiger partial charge in [0.05, 0.1) is 5.69 Å². The van der Waals surface area contributed by atoms with Crippen LogP contribution in [0.4, 0.5) is 35.4 Å². The standard InChI is InChI=1S/C18H25F3N6O2S2/c1-4-9-27(10-5-2)13-7-8-14(22-24-17-25-23-16(6-3)30-17)15(11-13)26-31(28,29)12-18(19,20)21/h7-8,11,26H,4-6,9-10,12H2,1-3H3. The van der Waals surface area contributed by atoms with Crippen LogP contribution in [0.15, 0.2) is 28.4 Å². The fourth-order valence-electron chi connectivity index (χ4n) is 2.74. The maximum atomic E-state index is 12.7. The molecule has 0 aliphatic heterocycles. The van der Waals surface area contributed by atoms with E-state index >= 15 is 0 Å². The number of rotatable bonds is 11. The summed E-state index contributed by atoms with van der Waals surface area (Å²) in [7, 11) is -4.69. The van der Waals surface area contributed by atoms with Crippen molar-refractivity contribution < 1.29 is 21.6 Å². The molecular formula is C18H25F3N6O2S2. The van der Waals surface area contributed by atoms with Crippen LogP contribution in [-0.4, -0.2) is 43.6 Å². The second kappa shape index (κ2) is 10.8. The molecule has 0 spiro atoms. The fraction of sp³-hybridized carbons (Fsp3) is 0.556. The van der Waals surface area contributed by atoms with Crippen LogP contribution in [-0.2, 0) is 16.4 Å². The highest BCUT2D eigenvalue weighted by Gasteiger charge is 2.35. The molecule has 0 saturated carbocycles. The van der Waals surface area contributed by atoms with Gasteiger partial charge in [0.2, 0.25) is 10.0 Å². The first-order valence-corrected chi connectivity index (χ1v) is 12.2. The van der Waals surface area contributed by atoms with Gasteiger partial charge in [0, 0.05) is 18.8 Å². The minimum absolute atomic E-state index is 0.0793. The normalized spacial score (nSPS) is 12.5. The Hall–Kier alpha value is -2.28. The largest absolute Gasteiger partial charge is 0.404 e. The van der Waals surface area contributed by atoms with Gasteiger partial charge in [0.15, 0.2) is 5.75 Å². The van der Waals surface area contributed by atoms with Gasteiger partial charge in [-0.2, -0.15) is 13.2 Å². The lowest BCUT2D eigenvalue weighted by Crippen LogP contribution is -2.28. The molecule has 0 bridgehead atoms. The molecule has 1 aromatic heterocycles. The highest BCUT2D eigenvalue weighted by Crippen LogP contribution is 2.33. The lowest BCUT2D eigenvalue weighted by atomic mass is 10.2. The van der Waals surface area contributed by atoms with Crippen molar-refractivity contribution in [2.24, 2.45) is 10.2 Å². The maximum absolute atomic E-state index is 12.7. The molecule has 31 heavy (non-hydrogen) atoms. The lowest BCUT2D eigenvalue weighted by molar-refractivity contribution is -0.106. The molecule has 1 aromatic carbocycles. The van der Waals surface area contributed by atoms with Crippen LogP contribution >= 0.6 is 11.3 Å². The molecule has 13 heteroatoms. The Balaban J connectivity index is 2.42. The van der Waals surface area contributed by atoms with Gasteiger partial charge in [0.25, 0.3) is 5.13 Å². The SMILES string of the molecule is CCCN(CCC)c1ccc(N=Nc2nnc(CC)s2)c(NS(=O)(=O)CC(F)(F)F)c1. The highest BCUT2D eigenvalue weighted by atomic mass is 32.2. The van der Waals surface area contributed by atoms with Gasteiger partial charge in [-0.3, -0.25) is 4.72 Å². The van der Waals surface area contributed by atoms with E-state index in [9.17, 15) is 21.6 Å². The summed E-state index contributed by atoms with van der Waals surface area (Å²) in [5.41, 5.74) is 0.676. The van der Waals surface area contributed by atoms with Gasteiger partial charge in [-0.15, -0.1) is 20.4 Å². The summed E-state index contributed by atoms with van der Waals surface area (Å²) in [4.78, 5) is 2.03. The number of halogens is 3. The fourth-order valence-corrected chi connectivity index (χ4v) is 4.34. The Morgan fingerprint density at radius 3 is 2.32 bits per heavy atom. The Morgan fingerprint density at radius 2 is 1.77 bits per heavy atom. The first-order valence-electron chi connectivity index (χ1n) is 9.77. The zero-order valence-corrected chi connectivity index (χ0v) is 19.1. The summed E-state index contributed by atoms with van der Waals surface area (Å²) >= 11 is 1.22. The molecule has 0 unspecified atom stereocenters. The van der Waals surface area contributed by atoms with Gasteiger partial charge in [-0.05, 0) is 37.5 Å². The van der Waals surface area contributed by atoms with E-state index in [0.717, 1.165) is 17.8 Å². The number of hydrogen-bond acceptors (Lipinski definition) is 8. The van der Waals surface area contributed by atoms with Crippen molar-refractivity contribution in [3.63, 3.8) is 0 Å². The molecule has 8 nitrogen and oxygen atoms in total. The van der Waals surface area contributed by atoms with E-state index in [1.807, 2.05) is 30.4 Å². The number of aryl methyl sites for hydroxylation is 1. The van der Waals surface area contributed by atoms with Crippen LogP contribution in [0, 0.1) is 0 Å². The van der Waals surface area contributed by atoms with Gasteiger partial charge >= 0.3 is 6.18 Å². The molecule has 1 heterocycles. The van der Waals surface area contributed by atoms with Crippen molar-refractivity contribution >= 4 is 43.6 Å². The molecule has 0 radical (unpaired) electrons. The average molecular weight is 479 g/mol. The van der Waals surface area contributed by atoms with E-state index in [2.05, 4.69) is 20.4 Å². The highest BCUT2D eigenvalue weighted by molar-refractivity contribution is 7.92. The third kappa shape index (κ3) is 8.05. The van der Waals surface area contributed by atoms with E-state index in [0.29, 0.717) is 25.2 Å². The predicted molar refractivity (Wildman–Crippen MR) is 116 cm³/mol. The molecular weight excluding hydrogens is 453 g/mol. The molecule has 0 aliphatic carbocycles. The summed E-state index contributed by atoms with van der Waals surface area (Å²) in [6, 6.07) is 4.73. The number of azo groups is 1. The maximum Gasteiger partial charge on any atom is 0.404 e. The lowest BCUT2D eigenvalue weighted by Gasteiger charge is -2.24. The number of nitrogens with one attached hydrogen (secondary N) is 1. The number of nitrogens with zero attached hydrogens (tertiary/aromatic N) is 5. The van der Waals surface area contributed by atoms with Crippen molar-refractivity contribution in [2.45, 2.75) is 46.2 Å². The van der Waals surface area contributed by atoms with Crippen molar-refractivity contribution in [3.05, 3.63) is 23.2 Å². The molecule has 0 atom stereocenters. The van der Waals surface area contributed by atoms with E-state index in [-0.39, 0.29) is 16.5 Å². The van der Waals surface area contributed by atoms with Gasteiger partial charge in [0.1, 0.15) is 10.7 Å². The molecule has 0 amide bonds. The van der Waals surface area contributed by atoms with Crippen LogP contribution in [0.1, 0.15) is 38.6 Å². The zero-order chi connectivity index (χ0) is 23.1. The Labute approximate surface area is 183 Å². The minimum Gasteiger partial charge on any atom is -0.371 e. The second-order valence-electron chi connectivity index (χ2n) is 6.70. The van der Waals surface area contributed by atoms with Crippen LogP contribution in [0.3, 0.4) is 0 Å². The molecule has 0 fully saturated rings. The quantitative estimate of drug-likeness (QED) is 0.433. The summed E-state index contributed by atoms with van der Waals surface area (Å²) in [5, 5.41) is 16.8. The van der Waals surface area contributed by atoms with E-state index in [4.69, 9.17) is 0 Å². The third-order valence-corrected chi connectivity index (χ3v) is 6.14. The van der Waals surface area contributed by atoms with Gasteiger partial charge in [-0.1, -0.05) is 32.1 Å². The Morgan fingerprint density at radius 1 is 1.10 bits per heavy atom. The summed E-state index contributed by atoms with van der Waals surface area (Å²) < 4.78 is 64.2. The molecule has 2 aromatic rings. The number of benzene rings is 1. The van der Waals surface area contributed by atoms with Crippen LogP contribution in [0.5, 0.6) is 0 Å². The smallest absolute Gasteiger partial charge is 0.371 e. The number of anilines is 2. The molecule has 0 aliphatic rings. The zero-order valence-electron chi connectivity index (χ0n) is 17.5. The topological polar surface area (TPSA) is 99.9 Å². The van der Waals surface area contributed by atoms with Crippen LogP contribution < -0.4 is 9.62 Å². The predicted octanol–water partition coefficient (Wildman–Crippen LogP) is 5.45. The van der Waals surface area contributed by atoms with E-state index in [1.54, 1.807) is 6.07 Å². The number of sulfonamides is 1. The number of hydrogen-bond donors (Lipinski definition) is 1. The van der Waals surface area contributed by atoms with Crippen LogP contribution in [0.2, 0.25) is 0 Å². The van der Waals surface area contributed by atoms with Gasteiger partial charge in [-0.25, -0.2) is 8.42 Å². The number of alkyl halides is 3.